The first-order valence-electron chi connectivity index (χ1n) is 9.03. The Hall–Kier alpha value is -3.12. The van der Waals surface area contributed by atoms with Crippen molar-refractivity contribution in [3.63, 3.8) is 0 Å². The second kappa shape index (κ2) is 8.55. The normalized spacial score (nSPS) is 14.9. The van der Waals surface area contributed by atoms with E-state index in [0.717, 1.165) is 11.5 Å². The van der Waals surface area contributed by atoms with Crippen LogP contribution in [0.5, 0.6) is 0 Å². The van der Waals surface area contributed by atoms with Crippen molar-refractivity contribution < 1.29 is 40.7 Å². The van der Waals surface area contributed by atoms with Gasteiger partial charge in [-0.2, -0.15) is 13.2 Å². The molecule has 0 saturated heterocycles. The van der Waals surface area contributed by atoms with Gasteiger partial charge < -0.3 is 14.2 Å². The predicted octanol–water partition coefficient (Wildman–Crippen LogP) is 2.62. The Balaban J connectivity index is 1.72. The van der Waals surface area contributed by atoms with E-state index in [1.54, 1.807) is 0 Å². The van der Waals surface area contributed by atoms with Crippen LogP contribution in [0.4, 0.5) is 26.3 Å². The molecule has 1 aliphatic rings. The summed E-state index contributed by atoms with van der Waals surface area (Å²) >= 11 is 0. The Labute approximate surface area is 171 Å². The molecule has 0 saturated carbocycles. The zero-order chi connectivity index (χ0) is 22.9. The molecule has 31 heavy (non-hydrogen) atoms. The summed E-state index contributed by atoms with van der Waals surface area (Å²) in [5, 5.41) is 6.58. The second-order valence-corrected chi connectivity index (χ2v) is 6.90. The lowest BCUT2D eigenvalue weighted by Crippen LogP contribution is -2.41. The second-order valence-electron chi connectivity index (χ2n) is 6.90. The van der Waals surface area contributed by atoms with Crippen LogP contribution in [0.2, 0.25) is 0 Å². The summed E-state index contributed by atoms with van der Waals surface area (Å²) < 4.78 is 85.1. The molecule has 1 amide bonds. The number of alkyl halides is 3. The summed E-state index contributed by atoms with van der Waals surface area (Å²) in [6.45, 7) is 0.521. The van der Waals surface area contributed by atoms with Crippen LogP contribution in [0, 0.1) is 17.5 Å². The highest BCUT2D eigenvalue weighted by molar-refractivity contribution is 5.77. The molecule has 0 spiro atoms. The summed E-state index contributed by atoms with van der Waals surface area (Å²) in [6, 6.07) is 0.945. The Morgan fingerprint density at radius 1 is 1.10 bits per heavy atom. The smallest absolute Gasteiger partial charge is 0.451 e. The van der Waals surface area contributed by atoms with E-state index in [0.29, 0.717) is 12.1 Å². The Bertz CT molecular complexity index is 1010. The number of fused-ring (bicyclic) bond motifs is 1. The first-order chi connectivity index (χ1) is 14.5. The van der Waals surface area contributed by atoms with Crippen molar-refractivity contribution in [3.8, 4) is 0 Å². The van der Waals surface area contributed by atoms with Crippen LogP contribution in [-0.4, -0.2) is 44.2 Å². The van der Waals surface area contributed by atoms with E-state index in [9.17, 15) is 35.9 Å². The number of carbonyl (C=O) groups excluding carboxylic acids is 2. The highest BCUT2D eigenvalue weighted by atomic mass is 19.4. The van der Waals surface area contributed by atoms with Gasteiger partial charge in [0.15, 0.2) is 17.5 Å². The van der Waals surface area contributed by atoms with E-state index in [-0.39, 0.29) is 31.0 Å². The number of hydrogen-bond acceptors (Lipinski definition) is 5. The number of amides is 1. The van der Waals surface area contributed by atoms with Crippen molar-refractivity contribution >= 4 is 11.9 Å². The number of rotatable bonds is 5. The standard InChI is InChI=1S/C18H16F6N4O3/c1-9(29)31-11(4-10-5-13(20)14(21)7-12(10)19)6-16(30)27-2-3-28-15(8-27)25-26-17(28)18(22,23)24/h5,7,11H,2-4,6,8H2,1H3. The van der Waals surface area contributed by atoms with Gasteiger partial charge in [-0.15, -0.1) is 10.2 Å². The number of aromatic nitrogens is 3. The summed E-state index contributed by atoms with van der Waals surface area (Å²) in [5.41, 5.74) is -0.300. The van der Waals surface area contributed by atoms with Crippen molar-refractivity contribution in [2.24, 2.45) is 0 Å². The van der Waals surface area contributed by atoms with Gasteiger partial charge in [-0.25, -0.2) is 13.2 Å². The van der Waals surface area contributed by atoms with Gasteiger partial charge in [-0.3, -0.25) is 9.59 Å². The average molecular weight is 450 g/mol. The topological polar surface area (TPSA) is 77.3 Å². The van der Waals surface area contributed by atoms with Crippen LogP contribution >= 0.6 is 0 Å². The van der Waals surface area contributed by atoms with Crippen LogP contribution in [0.25, 0.3) is 0 Å². The Morgan fingerprint density at radius 3 is 2.42 bits per heavy atom. The third-order valence-corrected chi connectivity index (χ3v) is 4.63. The fourth-order valence-electron chi connectivity index (χ4n) is 3.26. The van der Waals surface area contributed by atoms with Gasteiger partial charge in [-0.05, 0) is 11.6 Å². The number of nitrogens with zero attached hydrogens (tertiary/aromatic N) is 4. The highest BCUT2D eigenvalue weighted by Crippen LogP contribution is 2.29. The van der Waals surface area contributed by atoms with Gasteiger partial charge in [0.1, 0.15) is 11.9 Å². The molecule has 0 aliphatic carbocycles. The van der Waals surface area contributed by atoms with E-state index < -0.39 is 60.3 Å². The molecule has 1 aromatic heterocycles. The Morgan fingerprint density at radius 2 is 1.77 bits per heavy atom. The van der Waals surface area contributed by atoms with E-state index >= 15 is 0 Å². The van der Waals surface area contributed by atoms with Crippen molar-refractivity contribution in [2.45, 2.75) is 45.1 Å². The first-order valence-corrected chi connectivity index (χ1v) is 9.03. The quantitative estimate of drug-likeness (QED) is 0.398. The molecule has 1 aromatic carbocycles. The summed E-state index contributed by atoms with van der Waals surface area (Å²) in [4.78, 5) is 25.2. The minimum atomic E-state index is -4.69. The maximum atomic E-state index is 13.9. The third-order valence-electron chi connectivity index (χ3n) is 4.63. The van der Waals surface area contributed by atoms with Crippen LogP contribution in [0.1, 0.15) is 30.6 Å². The number of esters is 1. The van der Waals surface area contributed by atoms with Crippen molar-refractivity contribution in [2.75, 3.05) is 6.54 Å². The van der Waals surface area contributed by atoms with Gasteiger partial charge >= 0.3 is 12.1 Å². The number of halogens is 6. The summed E-state index contributed by atoms with van der Waals surface area (Å²) in [5.74, 6) is -6.39. The van der Waals surface area contributed by atoms with Crippen molar-refractivity contribution in [3.05, 3.63) is 46.8 Å². The number of carbonyl (C=O) groups is 2. The maximum Gasteiger partial charge on any atom is 0.451 e. The molecule has 2 aromatic rings. The molecule has 168 valence electrons. The maximum absolute atomic E-state index is 13.9. The molecule has 0 N–H and O–H groups in total. The molecule has 13 heteroatoms. The fourth-order valence-corrected chi connectivity index (χ4v) is 3.26. The molecule has 0 bridgehead atoms. The zero-order valence-electron chi connectivity index (χ0n) is 16.0. The lowest BCUT2D eigenvalue weighted by Gasteiger charge is -2.29. The Kier molecular flexibility index (Phi) is 6.23. The van der Waals surface area contributed by atoms with Gasteiger partial charge in [0.05, 0.1) is 13.0 Å². The minimum absolute atomic E-state index is 0.0670. The lowest BCUT2D eigenvalue weighted by atomic mass is 10.0. The molecule has 2 heterocycles. The minimum Gasteiger partial charge on any atom is -0.462 e. The first kappa shape index (κ1) is 22.6. The molecule has 1 atom stereocenters. The number of benzene rings is 1. The summed E-state index contributed by atoms with van der Waals surface area (Å²) in [7, 11) is 0. The number of ether oxygens (including phenoxy) is 1. The van der Waals surface area contributed by atoms with Gasteiger partial charge in [0.2, 0.25) is 11.7 Å². The van der Waals surface area contributed by atoms with Gasteiger partial charge in [0, 0.05) is 32.5 Å². The molecule has 3 rings (SSSR count). The largest absolute Gasteiger partial charge is 0.462 e. The van der Waals surface area contributed by atoms with Gasteiger partial charge in [0.25, 0.3) is 0 Å². The molecule has 0 radical (unpaired) electrons. The molecule has 1 aliphatic heterocycles. The molecular formula is C18H16F6N4O3. The van der Waals surface area contributed by atoms with Crippen molar-refractivity contribution in [1.29, 1.82) is 0 Å². The van der Waals surface area contributed by atoms with Crippen LogP contribution in [0.15, 0.2) is 12.1 Å². The highest BCUT2D eigenvalue weighted by Gasteiger charge is 2.40. The SMILES string of the molecule is CC(=O)OC(CC(=O)N1CCn2c(nnc2C(F)(F)F)C1)Cc1cc(F)c(F)cc1F. The molecule has 0 fully saturated rings. The van der Waals surface area contributed by atoms with E-state index in [1.807, 2.05) is 0 Å². The zero-order valence-corrected chi connectivity index (χ0v) is 16.0. The van der Waals surface area contributed by atoms with Gasteiger partial charge in [-0.1, -0.05) is 0 Å². The van der Waals surface area contributed by atoms with Crippen LogP contribution in [0.3, 0.4) is 0 Å². The molecule has 7 nitrogen and oxygen atoms in total. The van der Waals surface area contributed by atoms with E-state index in [1.165, 1.54) is 4.90 Å². The number of hydrogen-bond donors (Lipinski definition) is 0. The summed E-state index contributed by atoms with van der Waals surface area (Å²) in [6.07, 6.45) is -6.74. The van der Waals surface area contributed by atoms with Crippen molar-refractivity contribution in [1.82, 2.24) is 19.7 Å². The third kappa shape index (κ3) is 5.14. The molecule has 1 unspecified atom stereocenters. The van der Waals surface area contributed by atoms with Crippen LogP contribution in [-0.2, 0) is 40.0 Å². The molecular weight excluding hydrogens is 434 g/mol. The monoisotopic (exact) mass is 450 g/mol. The van der Waals surface area contributed by atoms with Crippen LogP contribution < -0.4 is 0 Å². The fraction of sp³-hybridized carbons (Fsp3) is 0.444. The van der Waals surface area contributed by atoms with E-state index in [4.69, 9.17) is 4.74 Å². The lowest BCUT2D eigenvalue weighted by molar-refractivity contribution is -0.149. The predicted molar refractivity (Wildman–Crippen MR) is 90.6 cm³/mol. The van der Waals surface area contributed by atoms with E-state index in [2.05, 4.69) is 10.2 Å². The average Bonchev–Trinajstić information content (AvgIpc) is 3.09.